The van der Waals surface area contributed by atoms with Crippen LogP contribution in [0.25, 0.3) is 0 Å². The van der Waals surface area contributed by atoms with Gasteiger partial charge in [0.2, 0.25) is 10.0 Å². The highest BCUT2D eigenvalue weighted by molar-refractivity contribution is 7.92. The molecular weight excluding hydrogens is 298 g/mol. The maximum Gasteiger partial charge on any atom is 0.239 e. The lowest BCUT2D eigenvalue weighted by molar-refractivity contribution is 0.0472. The van der Waals surface area contributed by atoms with Crippen LogP contribution >= 0.6 is 0 Å². The van der Waals surface area contributed by atoms with E-state index in [1.807, 2.05) is 36.4 Å². The van der Waals surface area contributed by atoms with Crippen LogP contribution in [-0.4, -0.2) is 20.1 Å². The molecule has 3 rings (SSSR count). The van der Waals surface area contributed by atoms with Gasteiger partial charge in [-0.3, -0.25) is 4.31 Å². The molecule has 2 aromatic rings. The number of rotatable bonds is 3. The molecule has 1 unspecified atom stereocenters. The molecule has 0 fully saturated rings. The second-order valence-corrected chi connectivity index (χ2v) is 7.75. The van der Waals surface area contributed by atoms with Gasteiger partial charge in [-0.1, -0.05) is 48.5 Å². The average molecular weight is 317 g/mol. The molecule has 4 nitrogen and oxygen atoms in total. The fourth-order valence-electron chi connectivity index (χ4n) is 2.87. The summed E-state index contributed by atoms with van der Waals surface area (Å²) >= 11 is 0. The van der Waals surface area contributed by atoms with Gasteiger partial charge < -0.3 is 5.11 Å². The molecule has 22 heavy (non-hydrogen) atoms. The van der Waals surface area contributed by atoms with E-state index in [1.54, 1.807) is 25.1 Å². The van der Waals surface area contributed by atoms with Crippen LogP contribution in [0.4, 0.5) is 5.69 Å². The summed E-state index contributed by atoms with van der Waals surface area (Å²) in [5, 5.41) is 10.5. The lowest BCUT2D eigenvalue weighted by atomic mass is 9.88. The Balaban J connectivity index is 1.98. The topological polar surface area (TPSA) is 57.6 Å². The van der Waals surface area contributed by atoms with E-state index in [-0.39, 0.29) is 5.75 Å². The summed E-state index contributed by atoms with van der Waals surface area (Å²) in [5.41, 5.74) is 1.01. The standard InChI is InChI=1S/C17H19NO3S/c1-17(19)11-12-18(16-10-6-5-9-15(16)17)22(20,21)13-14-7-3-2-4-8-14/h2-10,19H,11-13H2,1H3. The number of benzene rings is 2. The largest absolute Gasteiger partial charge is 0.385 e. The molecule has 0 bridgehead atoms. The lowest BCUT2D eigenvalue weighted by Gasteiger charge is -2.38. The maximum atomic E-state index is 12.8. The Morgan fingerprint density at radius 2 is 1.73 bits per heavy atom. The molecule has 0 saturated carbocycles. The van der Waals surface area contributed by atoms with Crippen molar-refractivity contribution in [2.45, 2.75) is 24.7 Å². The second kappa shape index (κ2) is 5.41. The lowest BCUT2D eigenvalue weighted by Crippen LogP contribution is -2.42. The van der Waals surface area contributed by atoms with E-state index in [0.29, 0.717) is 24.2 Å². The van der Waals surface area contributed by atoms with Crippen molar-refractivity contribution in [3.05, 3.63) is 65.7 Å². The van der Waals surface area contributed by atoms with Crippen molar-refractivity contribution < 1.29 is 13.5 Å². The molecule has 0 aromatic heterocycles. The van der Waals surface area contributed by atoms with Crippen LogP contribution in [0.1, 0.15) is 24.5 Å². The fraction of sp³-hybridized carbons (Fsp3) is 0.294. The maximum absolute atomic E-state index is 12.8. The van der Waals surface area contributed by atoms with Crippen LogP contribution in [0, 0.1) is 0 Å². The highest BCUT2D eigenvalue weighted by atomic mass is 32.2. The first kappa shape index (κ1) is 15.1. The minimum absolute atomic E-state index is 0.0374. The van der Waals surface area contributed by atoms with E-state index in [4.69, 9.17) is 0 Å². The minimum atomic E-state index is -3.48. The van der Waals surface area contributed by atoms with Crippen LogP contribution in [0.3, 0.4) is 0 Å². The highest BCUT2D eigenvalue weighted by Crippen LogP contribution is 2.39. The Labute approximate surface area is 131 Å². The number of hydrogen-bond acceptors (Lipinski definition) is 3. The van der Waals surface area contributed by atoms with Gasteiger partial charge in [0, 0.05) is 12.1 Å². The first-order chi connectivity index (χ1) is 10.4. The summed E-state index contributed by atoms with van der Waals surface area (Å²) in [5.74, 6) is -0.0374. The number of hydrogen-bond donors (Lipinski definition) is 1. The molecule has 0 aliphatic carbocycles. The van der Waals surface area contributed by atoms with Gasteiger partial charge in [0.25, 0.3) is 0 Å². The molecule has 1 heterocycles. The number of nitrogens with zero attached hydrogens (tertiary/aromatic N) is 1. The number of fused-ring (bicyclic) bond motifs is 1. The molecular formula is C17H19NO3S. The molecule has 0 spiro atoms. The second-order valence-electron chi connectivity index (χ2n) is 5.85. The van der Waals surface area contributed by atoms with E-state index in [1.165, 1.54) is 4.31 Å². The third-order valence-electron chi connectivity index (χ3n) is 4.08. The molecule has 1 N–H and O–H groups in total. The van der Waals surface area contributed by atoms with Gasteiger partial charge in [-0.15, -0.1) is 0 Å². The van der Waals surface area contributed by atoms with Crippen LogP contribution < -0.4 is 4.31 Å². The smallest absolute Gasteiger partial charge is 0.239 e. The van der Waals surface area contributed by atoms with Crippen molar-refractivity contribution in [2.24, 2.45) is 0 Å². The normalized spacial score (nSPS) is 21.5. The zero-order valence-electron chi connectivity index (χ0n) is 12.4. The minimum Gasteiger partial charge on any atom is -0.385 e. The van der Waals surface area contributed by atoms with E-state index in [9.17, 15) is 13.5 Å². The molecule has 1 aliphatic heterocycles. The quantitative estimate of drug-likeness (QED) is 0.947. The summed E-state index contributed by atoms with van der Waals surface area (Å²) in [6.07, 6.45) is 0.387. The molecule has 2 aromatic carbocycles. The third kappa shape index (κ3) is 2.74. The summed E-state index contributed by atoms with van der Waals surface area (Å²) in [4.78, 5) is 0. The van der Waals surface area contributed by atoms with Crippen molar-refractivity contribution >= 4 is 15.7 Å². The summed E-state index contributed by atoms with van der Waals surface area (Å²) in [6, 6.07) is 16.3. The van der Waals surface area contributed by atoms with Crippen LogP contribution in [0.15, 0.2) is 54.6 Å². The Morgan fingerprint density at radius 1 is 1.09 bits per heavy atom. The highest BCUT2D eigenvalue weighted by Gasteiger charge is 2.37. The van der Waals surface area contributed by atoms with Gasteiger partial charge in [0.1, 0.15) is 0 Å². The number of aliphatic hydroxyl groups is 1. The van der Waals surface area contributed by atoms with E-state index >= 15 is 0 Å². The predicted molar refractivity (Wildman–Crippen MR) is 87.0 cm³/mol. The summed E-state index contributed by atoms with van der Waals surface area (Å²) < 4.78 is 27.0. The Morgan fingerprint density at radius 3 is 2.45 bits per heavy atom. The zero-order chi connectivity index (χ0) is 15.8. The SMILES string of the molecule is CC1(O)CCN(S(=O)(=O)Cc2ccccc2)c2ccccc21. The van der Waals surface area contributed by atoms with Gasteiger partial charge in [0.15, 0.2) is 0 Å². The monoisotopic (exact) mass is 317 g/mol. The number of para-hydroxylation sites is 1. The van der Waals surface area contributed by atoms with Crippen LogP contribution in [0.5, 0.6) is 0 Å². The van der Waals surface area contributed by atoms with Crippen molar-refractivity contribution in [1.82, 2.24) is 0 Å². The van der Waals surface area contributed by atoms with Crippen LogP contribution in [-0.2, 0) is 21.4 Å². The molecule has 116 valence electrons. The van der Waals surface area contributed by atoms with E-state index < -0.39 is 15.6 Å². The Hall–Kier alpha value is -1.85. The molecule has 1 atom stereocenters. The predicted octanol–water partition coefficient (Wildman–Crippen LogP) is 2.63. The average Bonchev–Trinajstić information content (AvgIpc) is 2.47. The van der Waals surface area contributed by atoms with Gasteiger partial charge in [0.05, 0.1) is 17.0 Å². The molecule has 0 radical (unpaired) electrons. The molecule has 1 aliphatic rings. The van der Waals surface area contributed by atoms with Gasteiger partial charge >= 0.3 is 0 Å². The third-order valence-corrected chi connectivity index (χ3v) is 5.83. The molecule has 0 amide bonds. The Kier molecular flexibility index (Phi) is 3.70. The fourth-order valence-corrected chi connectivity index (χ4v) is 4.47. The van der Waals surface area contributed by atoms with Gasteiger partial charge in [-0.25, -0.2) is 8.42 Å². The number of anilines is 1. The van der Waals surface area contributed by atoms with Crippen LogP contribution in [0.2, 0.25) is 0 Å². The van der Waals surface area contributed by atoms with Crippen molar-refractivity contribution in [1.29, 1.82) is 0 Å². The van der Waals surface area contributed by atoms with E-state index in [0.717, 1.165) is 5.56 Å². The van der Waals surface area contributed by atoms with Crippen molar-refractivity contribution in [3.8, 4) is 0 Å². The molecule has 5 heteroatoms. The van der Waals surface area contributed by atoms with Gasteiger partial charge in [-0.05, 0) is 25.0 Å². The summed E-state index contributed by atoms with van der Waals surface area (Å²) in [7, 11) is -3.48. The number of sulfonamides is 1. The first-order valence-electron chi connectivity index (χ1n) is 7.26. The van der Waals surface area contributed by atoms with E-state index in [2.05, 4.69) is 0 Å². The summed E-state index contributed by atoms with van der Waals surface area (Å²) in [6.45, 7) is 2.02. The zero-order valence-corrected chi connectivity index (χ0v) is 13.3. The molecule has 0 saturated heterocycles. The Bertz CT molecular complexity index is 770. The van der Waals surface area contributed by atoms with Crippen molar-refractivity contribution in [2.75, 3.05) is 10.8 Å². The first-order valence-corrected chi connectivity index (χ1v) is 8.87. The van der Waals surface area contributed by atoms with Crippen molar-refractivity contribution in [3.63, 3.8) is 0 Å². The van der Waals surface area contributed by atoms with Gasteiger partial charge in [-0.2, -0.15) is 0 Å².